The normalized spacial score (nSPS) is 10.0. The van der Waals surface area contributed by atoms with Gasteiger partial charge in [0.2, 0.25) is 0 Å². The molecule has 0 aliphatic carbocycles. The molecule has 1 rings (SSSR count). The van der Waals surface area contributed by atoms with E-state index in [1.54, 1.807) is 19.0 Å². The van der Waals surface area contributed by atoms with E-state index in [4.69, 9.17) is 0 Å². The lowest BCUT2D eigenvalue weighted by Gasteiger charge is -2.13. The van der Waals surface area contributed by atoms with Gasteiger partial charge in [-0.1, -0.05) is 0 Å². The zero-order chi connectivity index (χ0) is 9.30. The van der Waals surface area contributed by atoms with Gasteiger partial charge in [0.15, 0.2) is 4.60 Å². The molecule has 12 heavy (non-hydrogen) atoms. The molecule has 1 aromatic rings. The standard InChI is InChI=1S/C6H7Br2N3O/c1-10(2)6-5(8)9-4(7)3-11(6)12/h3H,1-2H3. The highest BCUT2D eigenvalue weighted by Crippen LogP contribution is 2.19. The quantitative estimate of drug-likeness (QED) is 0.580. The fourth-order valence-corrected chi connectivity index (χ4v) is 2.12. The predicted molar refractivity (Wildman–Crippen MR) is 52.9 cm³/mol. The molecule has 0 saturated carbocycles. The third kappa shape index (κ3) is 1.87. The second-order valence-electron chi connectivity index (χ2n) is 2.40. The van der Waals surface area contributed by atoms with Gasteiger partial charge in [-0.05, 0) is 31.9 Å². The van der Waals surface area contributed by atoms with Crippen molar-refractivity contribution in [2.24, 2.45) is 0 Å². The Morgan fingerprint density at radius 3 is 2.50 bits per heavy atom. The second-order valence-corrected chi connectivity index (χ2v) is 3.96. The van der Waals surface area contributed by atoms with Crippen LogP contribution in [0.3, 0.4) is 0 Å². The number of halogens is 2. The second kappa shape index (κ2) is 3.57. The van der Waals surface area contributed by atoms with Gasteiger partial charge in [-0.25, -0.2) is 9.71 Å². The van der Waals surface area contributed by atoms with E-state index in [0.717, 1.165) is 4.73 Å². The number of nitrogens with zero attached hydrogens (tertiary/aromatic N) is 3. The van der Waals surface area contributed by atoms with Crippen molar-refractivity contribution in [3.05, 3.63) is 20.6 Å². The third-order valence-electron chi connectivity index (χ3n) is 1.25. The minimum Gasteiger partial charge on any atom is -0.710 e. The van der Waals surface area contributed by atoms with Crippen LogP contribution >= 0.6 is 31.9 Å². The van der Waals surface area contributed by atoms with E-state index >= 15 is 0 Å². The van der Waals surface area contributed by atoms with Crippen molar-refractivity contribution in [1.82, 2.24) is 4.98 Å². The van der Waals surface area contributed by atoms with Crippen LogP contribution in [0.2, 0.25) is 0 Å². The van der Waals surface area contributed by atoms with E-state index in [9.17, 15) is 5.21 Å². The van der Waals surface area contributed by atoms with E-state index in [0.29, 0.717) is 15.0 Å². The smallest absolute Gasteiger partial charge is 0.312 e. The van der Waals surface area contributed by atoms with Crippen molar-refractivity contribution in [3.63, 3.8) is 0 Å². The molecule has 0 spiro atoms. The number of hydrogen-bond donors (Lipinski definition) is 0. The van der Waals surface area contributed by atoms with Crippen molar-refractivity contribution in [2.75, 3.05) is 19.0 Å². The summed E-state index contributed by atoms with van der Waals surface area (Å²) in [6.07, 6.45) is 1.36. The summed E-state index contributed by atoms with van der Waals surface area (Å²) in [6.45, 7) is 0. The van der Waals surface area contributed by atoms with Crippen LogP contribution < -0.4 is 9.63 Å². The first-order valence-corrected chi connectivity index (χ1v) is 4.73. The zero-order valence-corrected chi connectivity index (χ0v) is 9.76. The minimum absolute atomic E-state index is 0.484. The van der Waals surface area contributed by atoms with Crippen LogP contribution in [0.15, 0.2) is 15.4 Å². The molecular weight excluding hydrogens is 290 g/mol. The van der Waals surface area contributed by atoms with Gasteiger partial charge in [-0.15, -0.1) is 0 Å². The molecule has 0 radical (unpaired) electrons. The van der Waals surface area contributed by atoms with Crippen molar-refractivity contribution < 1.29 is 4.73 Å². The Hall–Kier alpha value is -0.360. The van der Waals surface area contributed by atoms with E-state index in [1.165, 1.54) is 6.20 Å². The molecule has 0 saturated heterocycles. The molecule has 0 fully saturated rings. The van der Waals surface area contributed by atoms with Gasteiger partial charge in [-0.3, -0.25) is 4.90 Å². The Labute approximate surface area is 87.1 Å². The summed E-state index contributed by atoms with van der Waals surface area (Å²) in [5, 5.41) is 11.3. The number of hydrogen-bond acceptors (Lipinski definition) is 3. The van der Waals surface area contributed by atoms with Crippen LogP contribution in [0.5, 0.6) is 0 Å². The van der Waals surface area contributed by atoms with Crippen molar-refractivity contribution in [2.45, 2.75) is 0 Å². The van der Waals surface area contributed by atoms with E-state index in [1.807, 2.05) is 0 Å². The van der Waals surface area contributed by atoms with Crippen LogP contribution in [0, 0.1) is 5.21 Å². The van der Waals surface area contributed by atoms with Crippen molar-refractivity contribution in [1.29, 1.82) is 0 Å². The molecule has 0 atom stereocenters. The summed E-state index contributed by atoms with van der Waals surface area (Å²) in [7, 11) is 3.56. The Kier molecular flexibility index (Phi) is 2.89. The molecule has 66 valence electrons. The van der Waals surface area contributed by atoms with Gasteiger partial charge in [-0.2, -0.15) is 0 Å². The van der Waals surface area contributed by atoms with Crippen LogP contribution in [0.1, 0.15) is 0 Å². The molecule has 0 aliphatic heterocycles. The van der Waals surface area contributed by atoms with Gasteiger partial charge in [0.25, 0.3) is 0 Å². The highest BCUT2D eigenvalue weighted by Gasteiger charge is 2.14. The van der Waals surface area contributed by atoms with Gasteiger partial charge >= 0.3 is 5.82 Å². The molecular formula is C6H7Br2N3O. The molecule has 1 heterocycles. The SMILES string of the molecule is CN(C)c1c(Br)nc(Br)c[n+]1[O-]. The molecule has 0 aromatic carbocycles. The fraction of sp³-hybridized carbons (Fsp3) is 0.333. The molecule has 0 aliphatic rings. The summed E-state index contributed by atoms with van der Waals surface area (Å²) in [4.78, 5) is 5.72. The Bertz CT molecular complexity index is 280. The lowest BCUT2D eigenvalue weighted by atomic mass is 10.6. The summed E-state index contributed by atoms with van der Waals surface area (Å²) >= 11 is 6.31. The number of anilines is 1. The molecule has 1 aromatic heterocycles. The van der Waals surface area contributed by atoms with E-state index in [2.05, 4.69) is 36.8 Å². The molecule has 4 nitrogen and oxygen atoms in total. The first-order chi connectivity index (χ1) is 5.52. The van der Waals surface area contributed by atoms with Gasteiger partial charge < -0.3 is 5.21 Å². The maximum absolute atomic E-state index is 11.3. The average molecular weight is 297 g/mol. The van der Waals surface area contributed by atoms with Crippen LogP contribution in [-0.2, 0) is 0 Å². The highest BCUT2D eigenvalue weighted by molar-refractivity contribution is 9.11. The molecule has 6 heteroatoms. The van der Waals surface area contributed by atoms with E-state index in [-0.39, 0.29) is 0 Å². The first kappa shape index (κ1) is 9.73. The monoisotopic (exact) mass is 295 g/mol. The summed E-state index contributed by atoms with van der Waals surface area (Å²) in [5.41, 5.74) is 0. The Morgan fingerprint density at radius 1 is 1.50 bits per heavy atom. The number of aromatic nitrogens is 2. The largest absolute Gasteiger partial charge is 0.710 e. The Balaban J connectivity index is 3.28. The van der Waals surface area contributed by atoms with Crippen molar-refractivity contribution in [3.8, 4) is 0 Å². The van der Waals surface area contributed by atoms with Crippen LogP contribution in [-0.4, -0.2) is 19.1 Å². The maximum atomic E-state index is 11.3. The van der Waals surface area contributed by atoms with E-state index < -0.39 is 0 Å². The van der Waals surface area contributed by atoms with Crippen molar-refractivity contribution >= 4 is 37.7 Å². The van der Waals surface area contributed by atoms with Gasteiger partial charge in [0.05, 0.1) is 14.1 Å². The lowest BCUT2D eigenvalue weighted by Crippen LogP contribution is -2.35. The van der Waals surface area contributed by atoms with Gasteiger partial charge in [0, 0.05) is 0 Å². The first-order valence-electron chi connectivity index (χ1n) is 3.15. The maximum Gasteiger partial charge on any atom is 0.312 e. The molecule has 0 N–H and O–H groups in total. The van der Waals surface area contributed by atoms with Crippen LogP contribution in [0.4, 0.5) is 5.82 Å². The van der Waals surface area contributed by atoms with Crippen LogP contribution in [0.25, 0.3) is 0 Å². The summed E-state index contributed by atoms with van der Waals surface area (Å²) in [6, 6.07) is 0. The van der Waals surface area contributed by atoms with Gasteiger partial charge in [0.1, 0.15) is 10.8 Å². The Morgan fingerprint density at radius 2 is 2.08 bits per heavy atom. The third-order valence-corrected chi connectivity index (χ3v) is 2.16. The molecule has 0 amide bonds. The topological polar surface area (TPSA) is 43.1 Å². The molecule has 0 unspecified atom stereocenters. The summed E-state index contributed by atoms with van der Waals surface area (Å²) in [5.74, 6) is 0.484. The average Bonchev–Trinajstić information content (AvgIpc) is 1.82. The highest BCUT2D eigenvalue weighted by atomic mass is 79.9. The zero-order valence-electron chi connectivity index (χ0n) is 6.58. The minimum atomic E-state index is 0.484. The fourth-order valence-electron chi connectivity index (χ4n) is 0.803. The number of rotatable bonds is 1. The lowest BCUT2D eigenvalue weighted by molar-refractivity contribution is -0.593. The predicted octanol–water partition coefficient (Wildman–Crippen LogP) is 1.31. The summed E-state index contributed by atoms with van der Waals surface area (Å²) < 4.78 is 1.79. The molecule has 0 bridgehead atoms.